The van der Waals surface area contributed by atoms with Crippen LogP contribution in [0.25, 0.3) is 11.0 Å². The summed E-state index contributed by atoms with van der Waals surface area (Å²) in [5.74, 6) is -0.432. The van der Waals surface area contributed by atoms with Crippen molar-refractivity contribution < 1.29 is 19.1 Å². The lowest BCUT2D eigenvalue weighted by molar-refractivity contribution is -0.255. The van der Waals surface area contributed by atoms with Gasteiger partial charge in [0, 0.05) is 11.5 Å². The van der Waals surface area contributed by atoms with Crippen LogP contribution in [0.3, 0.4) is 0 Å². The Bertz CT molecular complexity index is 865. The number of ether oxygens (including phenoxy) is 1. The number of carboxylic acids is 1. The van der Waals surface area contributed by atoms with E-state index in [0.717, 1.165) is 0 Å². The Hall–Kier alpha value is -3.08. The number of carbonyl (C=O) groups is 1. The second kappa shape index (κ2) is 5.13. The van der Waals surface area contributed by atoms with E-state index in [1.165, 1.54) is 12.1 Å². The van der Waals surface area contributed by atoms with Gasteiger partial charge in [0.1, 0.15) is 17.1 Å². The van der Waals surface area contributed by atoms with Crippen molar-refractivity contribution in [3.63, 3.8) is 0 Å². The predicted molar refractivity (Wildman–Crippen MR) is 73.3 cm³/mol. The number of carbonyl (C=O) groups excluding carboxylic acids is 1. The van der Waals surface area contributed by atoms with Crippen molar-refractivity contribution in [1.82, 2.24) is 0 Å². The number of rotatable bonds is 3. The van der Waals surface area contributed by atoms with Crippen LogP contribution in [-0.2, 0) is 0 Å². The molecule has 0 saturated heterocycles. The van der Waals surface area contributed by atoms with E-state index in [1.807, 2.05) is 18.2 Å². The van der Waals surface area contributed by atoms with Gasteiger partial charge in [-0.05, 0) is 30.3 Å². The van der Waals surface area contributed by atoms with Gasteiger partial charge in [0.2, 0.25) is 0 Å². The highest BCUT2D eigenvalue weighted by molar-refractivity contribution is 5.90. The van der Waals surface area contributed by atoms with Gasteiger partial charge >= 0.3 is 5.63 Å². The zero-order chi connectivity index (χ0) is 14.8. The average Bonchev–Trinajstić information content (AvgIpc) is 2.47. The number of carboxylic acid groups (broad SMARTS) is 1. The highest BCUT2D eigenvalue weighted by Gasteiger charge is 2.07. The summed E-state index contributed by atoms with van der Waals surface area (Å²) in [5, 5.41) is 11.3. The van der Waals surface area contributed by atoms with Crippen LogP contribution in [0.15, 0.2) is 63.8 Å². The maximum atomic E-state index is 11.5. The fraction of sp³-hybridized carbons (Fsp3) is 0. The Balaban J connectivity index is 2.03. The topological polar surface area (TPSA) is 79.6 Å². The first-order valence-corrected chi connectivity index (χ1v) is 6.15. The van der Waals surface area contributed by atoms with Gasteiger partial charge in [-0.25, -0.2) is 4.79 Å². The van der Waals surface area contributed by atoms with Gasteiger partial charge in [-0.2, -0.15) is 0 Å². The molecule has 5 nitrogen and oxygen atoms in total. The first kappa shape index (κ1) is 12.9. The number of hydrogen-bond acceptors (Lipinski definition) is 5. The molecule has 5 heteroatoms. The molecule has 3 aromatic rings. The van der Waals surface area contributed by atoms with E-state index in [2.05, 4.69) is 0 Å². The molecule has 0 aliphatic heterocycles. The maximum absolute atomic E-state index is 11.5. The van der Waals surface area contributed by atoms with E-state index in [1.54, 1.807) is 24.3 Å². The zero-order valence-electron chi connectivity index (χ0n) is 10.7. The number of fused-ring (bicyclic) bond motifs is 1. The summed E-state index contributed by atoms with van der Waals surface area (Å²) in [5.41, 5.74) is -1.20. The number of hydrogen-bond donors (Lipinski definition) is 0. The third-order valence-corrected chi connectivity index (χ3v) is 2.91. The summed E-state index contributed by atoms with van der Waals surface area (Å²) in [7, 11) is 0. The Morgan fingerprint density at radius 2 is 1.76 bits per heavy atom. The Morgan fingerprint density at radius 1 is 1.00 bits per heavy atom. The summed E-state index contributed by atoms with van der Waals surface area (Å²) in [6.07, 6.45) is 0. The fourth-order valence-electron chi connectivity index (χ4n) is 1.92. The van der Waals surface area contributed by atoms with Crippen molar-refractivity contribution >= 4 is 16.9 Å². The number of benzene rings is 2. The molecule has 0 aliphatic rings. The minimum Gasteiger partial charge on any atom is -0.545 e. The van der Waals surface area contributed by atoms with Crippen molar-refractivity contribution in [2.24, 2.45) is 0 Å². The summed E-state index contributed by atoms with van der Waals surface area (Å²) in [4.78, 5) is 22.3. The molecule has 0 bridgehead atoms. The molecule has 0 spiro atoms. The molecule has 21 heavy (non-hydrogen) atoms. The van der Waals surface area contributed by atoms with Crippen molar-refractivity contribution in [1.29, 1.82) is 0 Å². The van der Waals surface area contributed by atoms with Gasteiger partial charge in [-0.1, -0.05) is 18.2 Å². The average molecular weight is 281 g/mol. The maximum Gasteiger partial charge on any atom is 0.345 e. The third kappa shape index (κ3) is 2.62. The van der Waals surface area contributed by atoms with E-state index in [0.29, 0.717) is 16.9 Å². The van der Waals surface area contributed by atoms with Gasteiger partial charge in [-0.15, -0.1) is 0 Å². The second-order valence-corrected chi connectivity index (χ2v) is 4.35. The third-order valence-electron chi connectivity index (χ3n) is 2.91. The van der Waals surface area contributed by atoms with Gasteiger partial charge in [-0.3, -0.25) is 0 Å². The molecule has 104 valence electrons. The summed E-state index contributed by atoms with van der Waals surface area (Å²) < 4.78 is 10.6. The zero-order valence-corrected chi connectivity index (χ0v) is 10.7. The molecular formula is C16H9O5-. The van der Waals surface area contributed by atoms with Crippen LogP contribution >= 0.6 is 0 Å². The molecule has 2 aromatic carbocycles. The fourth-order valence-corrected chi connectivity index (χ4v) is 1.92. The number of aromatic carboxylic acids is 1. The standard InChI is InChI=1S/C16H10O5/c17-15(18)13-8-10-6-7-12(9-14(10)21-16(13)19)20-11-4-2-1-3-5-11/h1-9H,(H,17,18)/p-1. The number of para-hydroxylation sites is 1. The molecule has 0 unspecified atom stereocenters. The van der Waals surface area contributed by atoms with Crippen molar-refractivity contribution in [2.75, 3.05) is 0 Å². The molecule has 3 rings (SSSR count). The minimum absolute atomic E-state index is 0.249. The first-order chi connectivity index (χ1) is 10.1. The lowest BCUT2D eigenvalue weighted by atomic mass is 10.2. The van der Waals surface area contributed by atoms with E-state index in [4.69, 9.17) is 9.15 Å². The summed E-state index contributed by atoms with van der Waals surface area (Å²) in [6, 6.07) is 15.2. The predicted octanol–water partition coefficient (Wildman–Crippen LogP) is 1.95. The van der Waals surface area contributed by atoms with E-state index < -0.39 is 17.2 Å². The van der Waals surface area contributed by atoms with Crippen LogP contribution in [-0.4, -0.2) is 5.97 Å². The smallest absolute Gasteiger partial charge is 0.345 e. The van der Waals surface area contributed by atoms with Gasteiger partial charge in [0.25, 0.3) is 0 Å². The lowest BCUT2D eigenvalue weighted by Gasteiger charge is -2.07. The summed E-state index contributed by atoms with van der Waals surface area (Å²) in [6.45, 7) is 0. The van der Waals surface area contributed by atoms with Crippen LogP contribution in [0.1, 0.15) is 10.4 Å². The summed E-state index contributed by atoms with van der Waals surface area (Å²) >= 11 is 0. The van der Waals surface area contributed by atoms with Crippen molar-refractivity contribution in [3.05, 3.63) is 70.6 Å². The Kier molecular flexibility index (Phi) is 3.16. The Morgan fingerprint density at radius 3 is 2.48 bits per heavy atom. The largest absolute Gasteiger partial charge is 0.545 e. The molecular weight excluding hydrogens is 272 g/mol. The Labute approximate surface area is 119 Å². The SMILES string of the molecule is O=C([O-])c1cc2ccc(Oc3ccccc3)cc2oc1=O. The van der Waals surface area contributed by atoms with Crippen molar-refractivity contribution in [3.8, 4) is 11.5 Å². The first-order valence-electron chi connectivity index (χ1n) is 6.15. The van der Waals surface area contributed by atoms with Crippen LogP contribution in [0.4, 0.5) is 0 Å². The molecule has 1 heterocycles. The van der Waals surface area contributed by atoms with Crippen LogP contribution < -0.4 is 15.5 Å². The van der Waals surface area contributed by atoms with E-state index in [-0.39, 0.29) is 5.58 Å². The minimum atomic E-state index is -1.56. The van der Waals surface area contributed by atoms with Crippen molar-refractivity contribution in [2.45, 2.75) is 0 Å². The van der Waals surface area contributed by atoms with Gasteiger partial charge < -0.3 is 19.1 Å². The highest BCUT2D eigenvalue weighted by Crippen LogP contribution is 2.25. The quantitative estimate of drug-likeness (QED) is 0.685. The normalized spacial score (nSPS) is 10.5. The van der Waals surface area contributed by atoms with Crippen LogP contribution in [0.2, 0.25) is 0 Å². The van der Waals surface area contributed by atoms with Crippen LogP contribution in [0.5, 0.6) is 11.5 Å². The van der Waals surface area contributed by atoms with E-state index >= 15 is 0 Å². The highest BCUT2D eigenvalue weighted by atomic mass is 16.5. The van der Waals surface area contributed by atoms with Crippen LogP contribution in [0, 0.1) is 0 Å². The van der Waals surface area contributed by atoms with Gasteiger partial charge in [0.15, 0.2) is 0 Å². The molecule has 0 aliphatic carbocycles. The van der Waals surface area contributed by atoms with E-state index in [9.17, 15) is 14.7 Å². The molecule has 0 atom stereocenters. The lowest BCUT2D eigenvalue weighted by Crippen LogP contribution is -2.28. The molecule has 0 saturated carbocycles. The molecule has 0 amide bonds. The monoisotopic (exact) mass is 281 g/mol. The van der Waals surface area contributed by atoms with Gasteiger partial charge in [0.05, 0.1) is 11.5 Å². The molecule has 0 N–H and O–H groups in total. The molecule has 0 fully saturated rings. The molecule has 1 aromatic heterocycles. The molecule has 0 radical (unpaired) electrons. The second-order valence-electron chi connectivity index (χ2n) is 4.35.